The van der Waals surface area contributed by atoms with Gasteiger partial charge in [-0.05, 0) is 24.5 Å². The van der Waals surface area contributed by atoms with E-state index in [4.69, 9.17) is 9.47 Å². The monoisotopic (exact) mass is 310 g/mol. The molecule has 0 radical (unpaired) electrons. The number of hydrogen-bond donors (Lipinski definition) is 1. The number of carbonyl (C=O) groups is 1. The lowest BCUT2D eigenvalue weighted by molar-refractivity contribution is -0.384. The molecule has 1 rings (SSSR count). The van der Waals surface area contributed by atoms with Crippen LogP contribution in [-0.4, -0.2) is 37.2 Å². The van der Waals surface area contributed by atoms with E-state index >= 15 is 0 Å². The van der Waals surface area contributed by atoms with Gasteiger partial charge < -0.3 is 14.8 Å². The number of benzene rings is 1. The molecule has 0 aliphatic carbocycles. The first-order chi connectivity index (χ1) is 10.5. The number of non-ortho nitro benzene ring substituents is 1. The van der Waals surface area contributed by atoms with E-state index in [1.807, 2.05) is 0 Å². The van der Waals surface area contributed by atoms with Crippen molar-refractivity contribution in [2.45, 2.75) is 20.3 Å². The van der Waals surface area contributed by atoms with E-state index in [1.165, 1.54) is 24.3 Å². The van der Waals surface area contributed by atoms with E-state index in [9.17, 15) is 14.9 Å². The summed E-state index contributed by atoms with van der Waals surface area (Å²) in [5.74, 6) is 0.754. The van der Waals surface area contributed by atoms with E-state index in [0.29, 0.717) is 31.4 Å². The van der Waals surface area contributed by atoms with Crippen molar-refractivity contribution < 1.29 is 19.2 Å². The van der Waals surface area contributed by atoms with Gasteiger partial charge in [0.15, 0.2) is 6.61 Å². The first-order valence-corrected chi connectivity index (χ1v) is 7.20. The maximum Gasteiger partial charge on any atom is 0.269 e. The van der Waals surface area contributed by atoms with Gasteiger partial charge in [-0.3, -0.25) is 14.9 Å². The Morgan fingerprint density at radius 2 is 1.95 bits per heavy atom. The first-order valence-electron chi connectivity index (χ1n) is 7.20. The van der Waals surface area contributed by atoms with Gasteiger partial charge in [-0.25, -0.2) is 0 Å². The van der Waals surface area contributed by atoms with Crippen molar-refractivity contribution in [2.24, 2.45) is 5.92 Å². The molecule has 1 aromatic rings. The maximum atomic E-state index is 11.5. The van der Waals surface area contributed by atoms with Crippen LogP contribution in [0, 0.1) is 16.0 Å². The molecule has 0 spiro atoms. The molecule has 1 amide bonds. The minimum Gasteiger partial charge on any atom is -0.484 e. The van der Waals surface area contributed by atoms with Crippen LogP contribution in [0.2, 0.25) is 0 Å². The van der Waals surface area contributed by atoms with Crippen LogP contribution in [-0.2, 0) is 9.53 Å². The van der Waals surface area contributed by atoms with Gasteiger partial charge in [-0.1, -0.05) is 13.8 Å². The SMILES string of the molecule is CC(C)CCOCCNC(=O)COc1ccc([N+](=O)[O-])cc1. The molecule has 0 saturated heterocycles. The number of nitrogens with one attached hydrogen (secondary N) is 1. The molecular formula is C15H22N2O5. The highest BCUT2D eigenvalue weighted by Gasteiger charge is 2.06. The third-order valence-corrected chi connectivity index (χ3v) is 2.83. The van der Waals surface area contributed by atoms with Gasteiger partial charge in [0.05, 0.1) is 11.5 Å². The number of carbonyl (C=O) groups excluding carboxylic acids is 1. The molecule has 0 aromatic heterocycles. The Morgan fingerprint density at radius 3 is 2.55 bits per heavy atom. The Balaban J connectivity index is 2.14. The predicted octanol–water partition coefficient (Wildman–Crippen LogP) is 2.15. The van der Waals surface area contributed by atoms with Gasteiger partial charge in [0.25, 0.3) is 11.6 Å². The fourth-order valence-corrected chi connectivity index (χ4v) is 1.55. The molecule has 1 aromatic carbocycles. The largest absolute Gasteiger partial charge is 0.484 e. The number of nitrogens with zero attached hydrogens (tertiary/aromatic N) is 1. The zero-order valence-corrected chi connectivity index (χ0v) is 12.9. The molecule has 0 saturated carbocycles. The molecule has 7 heteroatoms. The second-order valence-corrected chi connectivity index (χ2v) is 5.18. The van der Waals surface area contributed by atoms with Crippen molar-refractivity contribution >= 4 is 11.6 Å². The fourth-order valence-electron chi connectivity index (χ4n) is 1.55. The van der Waals surface area contributed by atoms with E-state index < -0.39 is 4.92 Å². The van der Waals surface area contributed by atoms with Crippen LogP contribution >= 0.6 is 0 Å². The van der Waals surface area contributed by atoms with Crippen molar-refractivity contribution in [3.05, 3.63) is 34.4 Å². The highest BCUT2D eigenvalue weighted by Crippen LogP contribution is 2.16. The van der Waals surface area contributed by atoms with Crippen molar-refractivity contribution in [1.29, 1.82) is 0 Å². The number of hydrogen-bond acceptors (Lipinski definition) is 5. The zero-order valence-electron chi connectivity index (χ0n) is 12.9. The lowest BCUT2D eigenvalue weighted by atomic mass is 10.1. The van der Waals surface area contributed by atoms with Crippen LogP contribution in [0.4, 0.5) is 5.69 Å². The van der Waals surface area contributed by atoms with E-state index in [1.54, 1.807) is 0 Å². The standard InChI is InChI=1S/C15H22N2O5/c1-12(2)7-9-21-10-8-16-15(18)11-22-14-5-3-13(4-6-14)17(19)20/h3-6,12H,7-11H2,1-2H3,(H,16,18). The van der Waals surface area contributed by atoms with Crippen molar-refractivity contribution in [1.82, 2.24) is 5.32 Å². The molecule has 122 valence electrons. The minimum absolute atomic E-state index is 0.0182. The Bertz CT molecular complexity index is 473. The van der Waals surface area contributed by atoms with Gasteiger partial charge in [0, 0.05) is 25.3 Å². The Labute approximate surface area is 129 Å². The van der Waals surface area contributed by atoms with E-state index in [-0.39, 0.29) is 18.2 Å². The molecule has 0 bridgehead atoms. The third-order valence-electron chi connectivity index (χ3n) is 2.83. The van der Waals surface area contributed by atoms with E-state index in [2.05, 4.69) is 19.2 Å². The molecule has 0 aliphatic rings. The summed E-state index contributed by atoms with van der Waals surface area (Å²) in [7, 11) is 0. The average molecular weight is 310 g/mol. The zero-order chi connectivity index (χ0) is 16.4. The Morgan fingerprint density at radius 1 is 1.27 bits per heavy atom. The molecule has 1 N–H and O–H groups in total. The second kappa shape index (κ2) is 9.73. The fraction of sp³-hybridized carbons (Fsp3) is 0.533. The molecule has 7 nitrogen and oxygen atoms in total. The van der Waals surface area contributed by atoms with Crippen LogP contribution < -0.4 is 10.1 Å². The second-order valence-electron chi connectivity index (χ2n) is 5.18. The molecule has 0 atom stereocenters. The average Bonchev–Trinajstić information content (AvgIpc) is 2.48. The quantitative estimate of drug-likeness (QED) is 0.406. The molecule has 0 aliphatic heterocycles. The molecule has 0 fully saturated rings. The lowest BCUT2D eigenvalue weighted by Gasteiger charge is -2.08. The first kappa shape index (κ1) is 17.9. The van der Waals surface area contributed by atoms with Crippen LogP contribution in [0.5, 0.6) is 5.75 Å². The summed E-state index contributed by atoms with van der Waals surface area (Å²) in [5.41, 5.74) is -0.0182. The van der Waals surface area contributed by atoms with Crippen molar-refractivity contribution in [2.75, 3.05) is 26.4 Å². The van der Waals surface area contributed by atoms with Gasteiger partial charge in [0.2, 0.25) is 0 Å². The van der Waals surface area contributed by atoms with E-state index in [0.717, 1.165) is 6.42 Å². The van der Waals surface area contributed by atoms with Gasteiger partial charge in [0.1, 0.15) is 5.75 Å². The summed E-state index contributed by atoms with van der Waals surface area (Å²) in [6.45, 7) is 5.70. The number of nitro benzene ring substituents is 1. The highest BCUT2D eigenvalue weighted by atomic mass is 16.6. The summed E-state index contributed by atoms with van der Waals surface area (Å²) in [4.78, 5) is 21.5. The van der Waals surface area contributed by atoms with Crippen LogP contribution in [0.1, 0.15) is 20.3 Å². The number of nitro groups is 1. The number of amides is 1. The van der Waals surface area contributed by atoms with Crippen LogP contribution in [0.15, 0.2) is 24.3 Å². The molecular weight excluding hydrogens is 288 g/mol. The number of rotatable bonds is 10. The van der Waals surface area contributed by atoms with Gasteiger partial charge in [-0.15, -0.1) is 0 Å². The minimum atomic E-state index is -0.490. The van der Waals surface area contributed by atoms with Gasteiger partial charge in [-0.2, -0.15) is 0 Å². The summed E-state index contributed by atoms with van der Waals surface area (Å²) in [5, 5.41) is 13.2. The summed E-state index contributed by atoms with van der Waals surface area (Å²) in [6.07, 6.45) is 0.997. The topological polar surface area (TPSA) is 90.7 Å². The van der Waals surface area contributed by atoms with Gasteiger partial charge >= 0.3 is 0 Å². The van der Waals surface area contributed by atoms with Crippen molar-refractivity contribution in [3.8, 4) is 5.75 Å². The summed E-state index contributed by atoms with van der Waals surface area (Å²) in [6, 6.07) is 5.58. The Kier molecular flexibility index (Phi) is 7.91. The lowest BCUT2D eigenvalue weighted by Crippen LogP contribution is -2.31. The Hall–Kier alpha value is -2.15. The summed E-state index contributed by atoms with van der Waals surface area (Å²) >= 11 is 0. The van der Waals surface area contributed by atoms with Crippen LogP contribution in [0.3, 0.4) is 0 Å². The third kappa shape index (κ3) is 7.58. The summed E-state index contributed by atoms with van der Waals surface area (Å²) < 4.78 is 10.6. The number of ether oxygens (including phenoxy) is 2. The predicted molar refractivity (Wildman–Crippen MR) is 81.9 cm³/mol. The van der Waals surface area contributed by atoms with Crippen molar-refractivity contribution in [3.63, 3.8) is 0 Å². The molecule has 22 heavy (non-hydrogen) atoms. The molecule has 0 unspecified atom stereocenters. The smallest absolute Gasteiger partial charge is 0.269 e. The van der Waals surface area contributed by atoms with Crippen LogP contribution in [0.25, 0.3) is 0 Å². The normalized spacial score (nSPS) is 10.5. The highest BCUT2D eigenvalue weighted by molar-refractivity contribution is 5.77. The maximum absolute atomic E-state index is 11.5. The molecule has 0 heterocycles.